The third-order valence-corrected chi connectivity index (χ3v) is 3.15. The number of nitrogens with zero attached hydrogens (tertiary/aromatic N) is 4. The Labute approximate surface area is 119 Å². The van der Waals surface area contributed by atoms with Crippen LogP contribution < -0.4 is 10.6 Å². The Bertz CT molecular complexity index is 693. The van der Waals surface area contributed by atoms with Gasteiger partial charge in [-0.05, 0) is 0 Å². The predicted molar refractivity (Wildman–Crippen MR) is 72.1 cm³/mol. The van der Waals surface area contributed by atoms with Crippen LogP contribution in [0.2, 0.25) is 0 Å². The first kappa shape index (κ1) is 14.7. The van der Waals surface area contributed by atoms with Gasteiger partial charge >= 0.3 is 11.9 Å². The maximum absolute atomic E-state index is 12.3. The van der Waals surface area contributed by atoms with Crippen LogP contribution in [-0.4, -0.2) is 48.7 Å². The highest BCUT2D eigenvalue weighted by Crippen LogP contribution is 2.30. The first-order valence-electron chi connectivity index (χ1n) is 5.97. The van der Waals surface area contributed by atoms with Crippen LogP contribution in [0.15, 0.2) is 16.1 Å². The molecule has 0 amide bonds. The molecular weight excluding hydrogens is 280 g/mol. The summed E-state index contributed by atoms with van der Waals surface area (Å²) < 4.78 is 10.4. The van der Waals surface area contributed by atoms with Crippen molar-refractivity contribution in [3.63, 3.8) is 0 Å². The molecule has 1 aromatic rings. The van der Waals surface area contributed by atoms with Gasteiger partial charge in [-0.1, -0.05) is 0 Å². The second-order valence-electron chi connectivity index (χ2n) is 4.33. The van der Waals surface area contributed by atoms with E-state index >= 15 is 0 Å². The molecule has 9 nitrogen and oxygen atoms in total. The van der Waals surface area contributed by atoms with Crippen molar-refractivity contribution >= 4 is 23.3 Å². The summed E-state index contributed by atoms with van der Waals surface area (Å²) in [5.41, 5.74) is -0.299. The first-order chi connectivity index (χ1) is 9.92. The Morgan fingerprint density at radius 1 is 1.24 bits per heavy atom. The number of methoxy groups -OCH3 is 2. The number of rotatable bonds is 2. The molecule has 0 saturated heterocycles. The van der Waals surface area contributed by atoms with Crippen LogP contribution in [0.5, 0.6) is 0 Å². The highest BCUT2D eigenvalue weighted by molar-refractivity contribution is 6.43. The smallest absolute Gasteiger partial charge is 0.355 e. The van der Waals surface area contributed by atoms with Crippen molar-refractivity contribution in [2.75, 3.05) is 26.3 Å². The summed E-state index contributed by atoms with van der Waals surface area (Å²) in [6.07, 6.45) is 1.39. The number of hydrazone groups is 1. The van der Waals surface area contributed by atoms with Gasteiger partial charge in [0.1, 0.15) is 5.92 Å². The number of hydrogen-bond donors (Lipinski definition) is 0. The molecule has 0 aliphatic carbocycles. The lowest BCUT2D eigenvalue weighted by Crippen LogP contribution is -2.42. The molecule has 2 heterocycles. The van der Waals surface area contributed by atoms with E-state index in [1.54, 1.807) is 0 Å². The molecule has 0 fully saturated rings. The van der Waals surface area contributed by atoms with Crippen molar-refractivity contribution in [1.29, 1.82) is 0 Å². The Morgan fingerprint density at radius 3 is 2.48 bits per heavy atom. The molecule has 0 radical (unpaired) electrons. The van der Waals surface area contributed by atoms with Crippen LogP contribution in [0.1, 0.15) is 11.5 Å². The van der Waals surface area contributed by atoms with Gasteiger partial charge in [-0.15, -0.1) is 0 Å². The topological polar surface area (TPSA) is 103 Å². The number of aromatic nitrogens is 2. The summed E-state index contributed by atoms with van der Waals surface area (Å²) in [7, 11) is 5.32. The number of anilines is 1. The maximum atomic E-state index is 12.3. The molecule has 1 aliphatic heterocycles. The SMILES string of the molecule is COC(=O)C1=NN(C)c2cnn(C)c(=O)c2C1C(=O)OC. The molecule has 1 aromatic heterocycles. The number of hydrogen-bond acceptors (Lipinski definition) is 8. The van der Waals surface area contributed by atoms with Gasteiger partial charge in [0.2, 0.25) is 0 Å². The van der Waals surface area contributed by atoms with E-state index in [1.807, 2.05) is 0 Å². The lowest BCUT2D eigenvalue weighted by Gasteiger charge is -2.27. The highest BCUT2D eigenvalue weighted by Gasteiger charge is 2.41. The number of fused-ring (bicyclic) bond motifs is 1. The quantitative estimate of drug-likeness (QED) is 0.645. The number of carbonyl (C=O) groups excluding carboxylic acids is 2. The summed E-state index contributed by atoms with van der Waals surface area (Å²) in [5.74, 6) is -2.81. The fourth-order valence-corrected chi connectivity index (χ4v) is 2.10. The zero-order valence-electron chi connectivity index (χ0n) is 12.0. The lowest BCUT2D eigenvalue weighted by molar-refractivity contribution is -0.142. The summed E-state index contributed by atoms with van der Waals surface area (Å²) in [6.45, 7) is 0. The molecule has 9 heteroatoms. The van der Waals surface area contributed by atoms with Crippen molar-refractivity contribution in [3.05, 3.63) is 22.1 Å². The highest BCUT2D eigenvalue weighted by atomic mass is 16.5. The van der Waals surface area contributed by atoms with Crippen LogP contribution in [0.3, 0.4) is 0 Å². The van der Waals surface area contributed by atoms with E-state index < -0.39 is 23.4 Å². The average Bonchev–Trinajstić information content (AvgIpc) is 2.49. The number of aryl methyl sites for hydroxylation is 1. The van der Waals surface area contributed by atoms with Crippen LogP contribution in [0, 0.1) is 0 Å². The van der Waals surface area contributed by atoms with Gasteiger partial charge in [0.25, 0.3) is 5.56 Å². The van der Waals surface area contributed by atoms with E-state index in [0.717, 1.165) is 4.68 Å². The van der Waals surface area contributed by atoms with Crippen LogP contribution >= 0.6 is 0 Å². The molecule has 112 valence electrons. The molecule has 0 spiro atoms. The Morgan fingerprint density at radius 2 is 1.90 bits per heavy atom. The molecular formula is C12H14N4O5. The van der Waals surface area contributed by atoms with Crippen molar-refractivity contribution in [3.8, 4) is 0 Å². The number of carbonyl (C=O) groups is 2. The van der Waals surface area contributed by atoms with Crippen molar-refractivity contribution in [1.82, 2.24) is 9.78 Å². The fourth-order valence-electron chi connectivity index (χ4n) is 2.10. The van der Waals surface area contributed by atoms with E-state index in [9.17, 15) is 14.4 Å². The minimum absolute atomic E-state index is 0.0808. The molecule has 2 rings (SSSR count). The van der Waals surface area contributed by atoms with Crippen LogP contribution in [-0.2, 0) is 26.1 Å². The zero-order valence-corrected chi connectivity index (χ0v) is 12.0. The van der Waals surface area contributed by atoms with Gasteiger partial charge in [0.05, 0.1) is 31.7 Å². The van der Waals surface area contributed by atoms with Crippen molar-refractivity contribution < 1.29 is 19.1 Å². The van der Waals surface area contributed by atoms with Gasteiger partial charge in [-0.3, -0.25) is 14.6 Å². The average molecular weight is 294 g/mol. The Kier molecular flexibility index (Phi) is 3.74. The van der Waals surface area contributed by atoms with Gasteiger partial charge in [0.15, 0.2) is 5.71 Å². The van der Waals surface area contributed by atoms with E-state index in [-0.39, 0.29) is 11.3 Å². The fraction of sp³-hybridized carbons (Fsp3) is 0.417. The second kappa shape index (κ2) is 5.35. The molecule has 0 saturated carbocycles. The largest absolute Gasteiger partial charge is 0.468 e. The molecule has 1 unspecified atom stereocenters. The standard InChI is InChI=1S/C12H14N4O5/c1-15-6-5-13-16(2)10(17)7(6)8(11(18)20-3)9(14-15)12(19)21-4/h5,8H,1-4H3. The van der Waals surface area contributed by atoms with E-state index in [2.05, 4.69) is 19.7 Å². The normalized spacial score (nSPS) is 16.9. The van der Waals surface area contributed by atoms with Crippen LogP contribution in [0.4, 0.5) is 5.69 Å². The molecule has 0 N–H and O–H groups in total. The van der Waals surface area contributed by atoms with Crippen LogP contribution in [0.25, 0.3) is 0 Å². The molecule has 1 atom stereocenters. The molecule has 0 bridgehead atoms. The summed E-state index contributed by atoms with van der Waals surface area (Å²) in [4.78, 5) is 36.2. The van der Waals surface area contributed by atoms with Gasteiger partial charge in [-0.2, -0.15) is 10.2 Å². The van der Waals surface area contributed by atoms with E-state index in [0.29, 0.717) is 5.69 Å². The summed E-state index contributed by atoms with van der Waals surface area (Å²) >= 11 is 0. The molecule has 0 aromatic carbocycles. The third kappa shape index (κ3) is 2.26. The van der Waals surface area contributed by atoms with Gasteiger partial charge < -0.3 is 9.47 Å². The van der Waals surface area contributed by atoms with Crippen molar-refractivity contribution in [2.45, 2.75) is 5.92 Å². The third-order valence-electron chi connectivity index (χ3n) is 3.15. The van der Waals surface area contributed by atoms with Gasteiger partial charge in [0, 0.05) is 14.1 Å². The minimum Gasteiger partial charge on any atom is -0.468 e. The Balaban J connectivity index is 2.74. The lowest BCUT2D eigenvalue weighted by atomic mass is 9.92. The second-order valence-corrected chi connectivity index (χ2v) is 4.33. The zero-order chi connectivity index (χ0) is 15.7. The number of ether oxygens (including phenoxy) is 2. The van der Waals surface area contributed by atoms with Crippen molar-refractivity contribution in [2.24, 2.45) is 12.1 Å². The molecule has 21 heavy (non-hydrogen) atoms. The van der Waals surface area contributed by atoms with E-state index in [1.165, 1.54) is 39.5 Å². The minimum atomic E-state index is -1.24. The first-order valence-corrected chi connectivity index (χ1v) is 5.97. The van der Waals surface area contributed by atoms with E-state index in [4.69, 9.17) is 0 Å². The maximum Gasteiger partial charge on any atom is 0.355 e. The Hall–Kier alpha value is -2.71. The summed E-state index contributed by atoms with van der Waals surface area (Å²) in [6, 6.07) is 0. The number of esters is 2. The monoisotopic (exact) mass is 294 g/mol. The van der Waals surface area contributed by atoms with Gasteiger partial charge in [-0.25, -0.2) is 9.48 Å². The summed E-state index contributed by atoms with van der Waals surface area (Å²) in [5, 5.41) is 9.18. The molecule has 1 aliphatic rings. The predicted octanol–water partition coefficient (Wildman–Crippen LogP) is -0.984.